The normalized spacial score (nSPS) is 17.6. The highest BCUT2D eigenvalue weighted by molar-refractivity contribution is 8.14. The summed E-state index contributed by atoms with van der Waals surface area (Å²) in [6, 6.07) is 3.48. The zero-order valence-corrected chi connectivity index (χ0v) is 11.0. The Morgan fingerprint density at radius 2 is 2.15 bits per heavy atom. The van der Waals surface area contributed by atoms with Crippen molar-refractivity contribution in [3.63, 3.8) is 0 Å². The number of hydrogen-bond acceptors (Lipinski definition) is 6. The lowest BCUT2D eigenvalue weighted by molar-refractivity contribution is -0.139. The molecule has 1 unspecified atom stereocenters. The first-order chi connectivity index (χ1) is 9.47. The zero-order chi connectivity index (χ0) is 14.7. The summed E-state index contributed by atoms with van der Waals surface area (Å²) >= 11 is 1.24. The van der Waals surface area contributed by atoms with Crippen molar-refractivity contribution >= 4 is 28.7 Å². The minimum absolute atomic E-state index is 0.134. The van der Waals surface area contributed by atoms with Gasteiger partial charge in [-0.25, -0.2) is 9.59 Å². The van der Waals surface area contributed by atoms with Crippen LogP contribution in [0.5, 0.6) is 11.5 Å². The van der Waals surface area contributed by atoms with Gasteiger partial charge in [0.25, 0.3) is 0 Å². The maximum Gasteiger partial charge on any atom is 0.341 e. The van der Waals surface area contributed by atoms with E-state index in [-0.39, 0.29) is 11.5 Å². The van der Waals surface area contributed by atoms with Crippen LogP contribution in [0.3, 0.4) is 0 Å². The second-order valence-corrected chi connectivity index (χ2v) is 4.97. The summed E-state index contributed by atoms with van der Waals surface area (Å²) < 4.78 is 4.92. The minimum atomic E-state index is -1.12. The second kappa shape index (κ2) is 5.83. The number of carboxylic acids is 2. The van der Waals surface area contributed by atoms with Gasteiger partial charge in [-0.2, -0.15) is 0 Å². The van der Waals surface area contributed by atoms with Crippen molar-refractivity contribution in [2.24, 2.45) is 4.99 Å². The fraction of sp³-hybridized carbons (Fsp3) is 0.250. The zero-order valence-electron chi connectivity index (χ0n) is 10.1. The van der Waals surface area contributed by atoms with E-state index in [9.17, 15) is 14.7 Å². The van der Waals surface area contributed by atoms with Gasteiger partial charge in [-0.1, -0.05) is 0 Å². The van der Waals surface area contributed by atoms with Crippen LogP contribution < -0.4 is 4.74 Å². The minimum Gasteiger partial charge on any atom is -0.507 e. The third kappa shape index (κ3) is 3.21. The highest BCUT2D eigenvalue weighted by Gasteiger charge is 2.26. The summed E-state index contributed by atoms with van der Waals surface area (Å²) in [4.78, 5) is 25.2. The van der Waals surface area contributed by atoms with Gasteiger partial charge in [0.1, 0.15) is 16.5 Å². The van der Waals surface area contributed by atoms with Crippen molar-refractivity contribution in [1.29, 1.82) is 0 Å². The van der Waals surface area contributed by atoms with Crippen LogP contribution in [0.1, 0.15) is 5.56 Å². The number of thioether (sulfide) groups is 1. The summed E-state index contributed by atoms with van der Waals surface area (Å²) in [5, 5.41) is 27.7. The van der Waals surface area contributed by atoms with E-state index < -0.39 is 24.6 Å². The maximum atomic E-state index is 10.8. The lowest BCUT2D eigenvalue weighted by Crippen LogP contribution is -2.17. The number of aromatic hydroxyl groups is 1. The first-order valence-electron chi connectivity index (χ1n) is 5.58. The molecule has 0 spiro atoms. The van der Waals surface area contributed by atoms with E-state index in [0.717, 1.165) is 0 Å². The maximum absolute atomic E-state index is 10.8. The van der Waals surface area contributed by atoms with Gasteiger partial charge in [0.2, 0.25) is 0 Å². The van der Waals surface area contributed by atoms with Crippen LogP contribution in [-0.4, -0.2) is 50.7 Å². The summed E-state index contributed by atoms with van der Waals surface area (Å²) in [7, 11) is 0. The molecular weight excluding hydrogens is 286 g/mol. The molecule has 0 amide bonds. The van der Waals surface area contributed by atoms with Crippen molar-refractivity contribution in [2.75, 3.05) is 12.4 Å². The molecule has 0 saturated heterocycles. The Morgan fingerprint density at radius 1 is 1.40 bits per heavy atom. The Kier molecular flexibility index (Phi) is 4.14. The predicted molar refractivity (Wildman–Crippen MR) is 71.7 cm³/mol. The van der Waals surface area contributed by atoms with Gasteiger partial charge in [0.15, 0.2) is 12.6 Å². The second-order valence-electron chi connectivity index (χ2n) is 3.96. The van der Waals surface area contributed by atoms with E-state index in [1.165, 1.54) is 30.0 Å². The topological polar surface area (TPSA) is 116 Å². The largest absolute Gasteiger partial charge is 0.507 e. The molecule has 1 heterocycles. The van der Waals surface area contributed by atoms with Gasteiger partial charge in [0.05, 0.1) is 0 Å². The quantitative estimate of drug-likeness (QED) is 0.736. The summed E-state index contributed by atoms with van der Waals surface area (Å²) in [6.45, 7) is -0.504. The number of rotatable bonds is 5. The molecule has 1 aromatic rings. The lowest BCUT2D eigenvalue weighted by atomic mass is 10.2. The highest BCUT2D eigenvalue weighted by Crippen LogP contribution is 2.31. The third-order valence-corrected chi connectivity index (χ3v) is 3.58. The predicted octanol–water partition coefficient (Wildman–Crippen LogP) is 0.802. The van der Waals surface area contributed by atoms with Gasteiger partial charge >= 0.3 is 11.9 Å². The van der Waals surface area contributed by atoms with E-state index in [1.54, 1.807) is 0 Å². The molecule has 0 bridgehead atoms. The molecule has 0 aromatic heterocycles. The fourth-order valence-corrected chi connectivity index (χ4v) is 2.64. The van der Waals surface area contributed by atoms with Crippen LogP contribution in [0.2, 0.25) is 0 Å². The number of aliphatic carboxylic acids is 2. The van der Waals surface area contributed by atoms with E-state index in [0.29, 0.717) is 16.4 Å². The van der Waals surface area contributed by atoms with Crippen LogP contribution in [0.25, 0.3) is 0 Å². The number of carbonyl (C=O) groups is 2. The molecule has 0 fully saturated rings. The van der Waals surface area contributed by atoms with E-state index in [1.807, 2.05) is 0 Å². The molecule has 0 radical (unpaired) electrons. The molecule has 2 rings (SSSR count). The van der Waals surface area contributed by atoms with Gasteiger partial charge in [0, 0.05) is 17.4 Å². The molecule has 3 N–H and O–H groups in total. The van der Waals surface area contributed by atoms with Gasteiger partial charge in [-0.15, -0.1) is 11.8 Å². The Bertz CT molecular complexity index is 585. The molecule has 7 nitrogen and oxygen atoms in total. The highest BCUT2D eigenvalue weighted by atomic mass is 32.2. The average molecular weight is 297 g/mol. The number of aliphatic imine (C=N–C) groups is 1. The lowest BCUT2D eigenvalue weighted by Gasteiger charge is -2.07. The van der Waals surface area contributed by atoms with Crippen LogP contribution in [0, 0.1) is 0 Å². The van der Waals surface area contributed by atoms with Crippen molar-refractivity contribution in [2.45, 2.75) is 6.04 Å². The van der Waals surface area contributed by atoms with Gasteiger partial charge in [-0.05, 0) is 12.1 Å². The smallest absolute Gasteiger partial charge is 0.341 e. The average Bonchev–Trinajstić information content (AvgIpc) is 2.86. The third-order valence-electron chi connectivity index (χ3n) is 2.50. The van der Waals surface area contributed by atoms with E-state index in [2.05, 4.69) is 4.99 Å². The number of phenols is 1. The Balaban J connectivity index is 2.16. The van der Waals surface area contributed by atoms with Gasteiger partial charge in [-0.3, -0.25) is 4.99 Å². The fourth-order valence-electron chi connectivity index (χ4n) is 1.57. The van der Waals surface area contributed by atoms with E-state index in [4.69, 9.17) is 14.9 Å². The first kappa shape index (κ1) is 14.2. The molecule has 20 heavy (non-hydrogen) atoms. The first-order valence-corrected chi connectivity index (χ1v) is 6.57. The molecule has 0 aliphatic carbocycles. The summed E-state index contributed by atoms with van der Waals surface area (Å²) in [5.41, 5.74) is 0.404. The van der Waals surface area contributed by atoms with Crippen molar-refractivity contribution in [3.05, 3.63) is 23.8 Å². The van der Waals surface area contributed by atoms with Crippen LogP contribution in [-0.2, 0) is 9.59 Å². The molecular formula is C12H11NO6S. The number of nitrogens with zero attached hydrogens (tertiary/aromatic N) is 1. The van der Waals surface area contributed by atoms with Crippen LogP contribution in [0.15, 0.2) is 23.2 Å². The SMILES string of the molecule is O=C(O)COc1ccc(C2=NC(C(=O)O)CS2)c(O)c1. The number of carboxylic acid groups (broad SMARTS) is 2. The number of phenolic OH excluding ortho intramolecular Hbond substituents is 1. The number of ether oxygens (including phenoxy) is 1. The number of benzene rings is 1. The summed E-state index contributed by atoms with van der Waals surface area (Å²) in [5.74, 6) is -1.72. The Labute approximate surface area is 117 Å². The van der Waals surface area contributed by atoms with Crippen molar-refractivity contribution < 1.29 is 29.6 Å². The molecule has 0 saturated carbocycles. The van der Waals surface area contributed by atoms with Gasteiger partial charge < -0.3 is 20.1 Å². The van der Waals surface area contributed by atoms with Crippen LogP contribution in [0.4, 0.5) is 0 Å². The monoisotopic (exact) mass is 297 g/mol. The van der Waals surface area contributed by atoms with Crippen LogP contribution >= 0.6 is 11.8 Å². The van der Waals surface area contributed by atoms with Crippen molar-refractivity contribution in [3.8, 4) is 11.5 Å². The summed E-state index contributed by atoms with van der Waals surface area (Å²) in [6.07, 6.45) is 0. The number of hydrogen-bond donors (Lipinski definition) is 3. The Hall–Kier alpha value is -2.22. The molecule has 1 aliphatic heterocycles. The van der Waals surface area contributed by atoms with E-state index >= 15 is 0 Å². The standard InChI is InChI=1S/C12H11NO6S/c14-9-3-6(19-4-10(15)16)1-2-7(9)11-13-8(5-20-11)12(17)18/h1-3,8,14H,4-5H2,(H,15,16)(H,17,18). The molecule has 1 aromatic carbocycles. The van der Waals surface area contributed by atoms with Crippen molar-refractivity contribution in [1.82, 2.24) is 0 Å². The molecule has 8 heteroatoms. The molecule has 106 valence electrons. The molecule has 1 aliphatic rings. The molecule has 1 atom stereocenters. The Morgan fingerprint density at radius 3 is 2.70 bits per heavy atom.